The number of hydrogen-bond donors (Lipinski definition) is 0. The zero-order valence-corrected chi connectivity index (χ0v) is 13.1. The van der Waals surface area contributed by atoms with Gasteiger partial charge in [0.25, 0.3) is 0 Å². The van der Waals surface area contributed by atoms with Crippen molar-refractivity contribution in [2.45, 2.75) is 40.0 Å². The van der Waals surface area contributed by atoms with Crippen molar-refractivity contribution < 1.29 is 0 Å². The van der Waals surface area contributed by atoms with Crippen molar-refractivity contribution in [1.82, 2.24) is 19.9 Å². The standard InChI is InChI=1S/C16H21N5/c1-10-7-11(2)18-15(17-10)14-5-6-21(9-14)16-19-12(3)8-13(4)20-16/h7-8,14H,5-6,9H2,1-4H3. The van der Waals surface area contributed by atoms with E-state index in [9.17, 15) is 0 Å². The van der Waals surface area contributed by atoms with E-state index < -0.39 is 0 Å². The van der Waals surface area contributed by atoms with E-state index in [0.29, 0.717) is 5.92 Å². The van der Waals surface area contributed by atoms with Crippen molar-refractivity contribution in [2.75, 3.05) is 18.0 Å². The number of hydrogen-bond acceptors (Lipinski definition) is 5. The maximum Gasteiger partial charge on any atom is 0.225 e. The van der Waals surface area contributed by atoms with E-state index in [-0.39, 0.29) is 0 Å². The predicted molar refractivity (Wildman–Crippen MR) is 82.6 cm³/mol. The molecule has 0 spiro atoms. The smallest absolute Gasteiger partial charge is 0.225 e. The fourth-order valence-corrected chi connectivity index (χ4v) is 2.94. The number of anilines is 1. The van der Waals surface area contributed by atoms with Gasteiger partial charge in [0.05, 0.1) is 0 Å². The highest BCUT2D eigenvalue weighted by Gasteiger charge is 2.28. The Morgan fingerprint density at radius 3 is 1.95 bits per heavy atom. The summed E-state index contributed by atoms with van der Waals surface area (Å²) < 4.78 is 0. The maximum atomic E-state index is 4.60. The van der Waals surface area contributed by atoms with Crippen LogP contribution in [0.25, 0.3) is 0 Å². The normalized spacial score (nSPS) is 18.3. The van der Waals surface area contributed by atoms with E-state index in [1.807, 2.05) is 39.8 Å². The fraction of sp³-hybridized carbons (Fsp3) is 0.500. The topological polar surface area (TPSA) is 54.8 Å². The van der Waals surface area contributed by atoms with Gasteiger partial charge in [0.2, 0.25) is 5.95 Å². The predicted octanol–water partition coefficient (Wildman–Crippen LogP) is 2.49. The molecule has 110 valence electrons. The first kappa shape index (κ1) is 13.9. The Balaban J connectivity index is 1.81. The number of rotatable bonds is 2. The second kappa shape index (κ2) is 5.39. The average Bonchev–Trinajstić information content (AvgIpc) is 2.85. The van der Waals surface area contributed by atoms with Gasteiger partial charge >= 0.3 is 0 Å². The molecule has 0 amide bonds. The number of aryl methyl sites for hydroxylation is 4. The number of nitrogens with zero attached hydrogens (tertiary/aromatic N) is 5. The Labute approximate surface area is 125 Å². The monoisotopic (exact) mass is 283 g/mol. The summed E-state index contributed by atoms with van der Waals surface area (Å²) in [5.41, 5.74) is 4.12. The minimum Gasteiger partial charge on any atom is -0.340 e. The molecule has 0 aromatic carbocycles. The van der Waals surface area contributed by atoms with Gasteiger partial charge in [-0.3, -0.25) is 0 Å². The SMILES string of the molecule is Cc1cc(C)nc(C2CCN(c3nc(C)cc(C)n3)C2)n1. The van der Waals surface area contributed by atoms with Crippen LogP contribution in [0.5, 0.6) is 0 Å². The molecular formula is C16H21N5. The van der Waals surface area contributed by atoms with Gasteiger partial charge in [-0.2, -0.15) is 0 Å². The van der Waals surface area contributed by atoms with Crippen LogP contribution in [-0.2, 0) is 0 Å². The van der Waals surface area contributed by atoms with Gasteiger partial charge in [0.15, 0.2) is 0 Å². The lowest BCUT2D eigenvalue weighted by molar-refractivity contribution is 0.697. The number of aromatic nitrogens is 4. The van der Waals surface area contributed by atoms with E-state index in [1.165, 1.54) is 0 Å². The lowest BCUT2D eigenvalue weighted by Crippen LogP contribution is -2.22. The Bertz CT molecular complexity index is 570. The molecule has 0 bridgehead atoms. The summed E-state index contributed by atoms with van der Waals surface area (Å²) in [5, 5.41) is 0. The average molecular weight is 283 g/mol. The quantitative estimate of drug-likeness (QED) is 0.847. The molecule has 0 N–H and O–H groups in total. The molecule has 0 saturated carbocycles. The van der Waals surface area contributed by atoms with Crippen molar-refractivity contribution in [3.05, 3.63) is 40.7 Å². The largest absolute Gasteiger partial charge is 0.340 e. The molecule has 1 atom stereocenters. The van der Waals surface area contributed by atoms with Crippen LogP contribution < -0.4 is 4.90 Å². The third-order valence-corrected chi connectivity index (χ3v) is 3.81. The summed E-state index contributed by atoms with van der Waals surface area (Å²) >= 11 is 0. The van der Waals surface area contributed by atoms with Crippen LogP contribution >= 0.6 is 0 Å². The van der Waals surface area contributed by atoms with Gasteiger partial charge < -0.3 is 4.90 Å². The molecule has 2 aromatic heterocycles. The highest BCUT2D eigenvalue weighted by molar-refractivity contribution is 5.35. The summed E-state index contributed by atoms with van der Waals surface area (Å²) in [6, 6.07) is 4.02. The molecule has 2 aromatic rings. The zero-order chi connectivity index (χ0) is 15.0. The van der Waals surface area contributed by atoms with Crippen LogP contribution in [0.1, 0.15) is 40.9 Å². The van der Waals surface area contributed by atoms with E-state index in [1.54, 1.807) is 0 Å². The van der Waals surface area contributed by atoms with Crippen LogP contribution in [0.15, 0.2) is 12.1 Å². The van der Waals surface area contributed by atoms with Crippen LogP contribution in [0.3, 0.4) is 0 Å². The molecule has 1 saturated heterocycles. The Hall–Kier alpha value is -2.04. The Morgan fingerprint density at radius 2 is 1.38 bits per heavy atom. The molecule has 1 aliphatic heterocycles. The Morgan fingerprint density at radius 1 is 0.857 bits per heavy atom. The van der Waals surface area contributed by atoms with Crippen molar-refractivity contribution in [1.29, 1.82) is 0 Å². The highest BCUT2D eigenvalue weighted by atomic mass is 15.3. The minimum absolute atomic E-state index is 0.369. The molecule has 5 heteroatoms. The summed E-state index contributed by atoms with van der Waals surface area (Å²) in [4.78, 5) is 20.5. The van der Waals surface area contributed by atoms with Crippen LogP contribution in [0.2, 0.25) is 0 Å². The van der Waals surface area contributed by atoms with Gasteiger partial charge in [-0.25, -0.2) is 19.9 Å². The molecule has 1 aliphatic rings. The fourth-order valence-electron chi connectivity index (χ4n) is 2.94. The van der Waals surface area contributed by atoms with Crippen LogP contribution in [0.4, 0.5) is 5.95 Å². The molecule has 1 unspecified atom stereocenters. The van der Waals surface area contributed by atoms with Gasteiger partial charge in [0, 0.05) is 41.8 Å². The van der Waals surface area contributed by atoms with Gasteiger partial charge in [0.1, 0.15) is 5.82 Å². The first-order valence-electron chi connectivity index (χ1n) is 7.40. The molecule has 0 aliphatic carbocycles. The molecule has 21 heavy (non-hydrogen) atoms. The van der Waals surface area contributed by atoms with Gasteiger partial charge in [-0.05, 0) is 46.2 Å². The Kier molecular flexibility index (Phi) is 3.57. The first-order valence-corrected chi connectivity index (χ1v) is 7.40. The van der Waals surface area contributed by atoms with E-state index >= 15 is 0 Å². The summed E-state index contributed by atoms with van der Waals surface area (Å²) in [7, 11) is 0. The third kappa shape index (κ3) is 3.01. The maximum absolute atomic E-state index is 4.60. The van der Waals surface area contributed by atoms with E-state index in [4.69, 9.17) is 0 Å². The second-order valence-electron chi connectivity index (χ2n) is 5.89. The molecule has 3 rings (SSSR count). The van der Waals surface area contributed by atoms with Crippen LogP contribution in [0, 0.1) is 27.7 Å². The van der Waals surface area contributed by atoms with Crippen molar-refractivity contribution in [3.63, 3.8) is 0 Å². The van der Waals surface area contributed by atoms with Crippen LogP contribution in [-0.4, -0.2) is 33.0 Å². The lowest BCUT2D eigenvalue weighted by atomic mass is 10.1. The van der Waals surface area contributed by atoms with Crippen molar-refractivity contribution >= 4 is 5.95 Å². The van der Waals surface area contributed by atoms with E-state index in [0.717, 1.165) is 54.1 Å². The van der Waals surface area contributed by atoms with Gasteiger partial charge in [-0.15, -0.1) is 0 Å². The summed E-state index contributed by atoms with van der Waals surface area (Å²) in [6.07, 6.45) is 1.05. The summed E-state index contributed by atoms with van der Waals surface area (Å²) in [5.74, 6) is 2.16. The van der Waals surface area contributed by atoms with Gasteiger partial charge in [-0.1, -0.05) is 0 Å². The molecular weight excluding hydrogens is 262 g/mol. The minimum atomic E-state index is 0.369. The highest BCUT2D eigenvalue weighted by Crippen LogP contribution is 2.27. The van der Waals surface area contributed by atoms with Crippen molar-refractivity contribution in [3.8, 4) is 0 Å². The van der Waals surface area contributed by atoms with E-state index in [2.05, 4.69) is 24.8 Å². The molecule has 5 nitrogen and oxygen atoms in total. The van der Waals surface area contributed by atoms with Crippen molar-refractivity contribution in [2.24, 2.45) is 0 Å². The molecule has 0 radical (unpaired) electrons. The molecule has 1 fully saturated rings. The molecule has 3 heterocycles. The zero-order valence-electron chi connectivity index (χ0n) is 13.1. The first-order chi connectivity index (χ1) is 10.0. The summed E-state index contributed by atoms with van der Waals surface area (Å²) in [6.45, 7) is 9.93. The third-order valence-electron chi connectivity index (χ3n) is 3.81. The lowest BCUT2D eigenvalue weighted by Gasteiger charge is -2.17. The second-order valence-corrected chi connectivity index (χ2v) is 5.89.